The third kappa shape index (κ3) is 7.32. The Kier molecular flexibility index (Phi) is 6.98. The molecule has 0 N–H and O–H groups in total. The van der Waals surface area contributed by atoms with Crippen molar-refractivity contribution in [1.29, 1.82) is 0 Å². The fourth-order valence-electron chi connectivity index (χ4n) is 1.17. The van der Waals surface area contributed by atoms with E-state index in [0.29, 0.717) is 5.75 Å². The number of carbonyl (C=O) groups is 3. The maximum atomic E-state index is 11.6. The van der Waals surface area contributed by atoms with E-state index in [2.05, 4.69) is 0 Å². The highest BCUT2D eigenvalue weighted by Gasteiger charge is 2.21. The molecule has 0 spiro atoms. The smallest absolute Gasteiger partial charge is 0.308 e. The molecule has 0 aliphatic carbocycles. The number of rotatable bonds is 4. The minimum absolute atomic E-state index is 0.0207. The normalized spacial score (nSPS) is 10.9. The SMILES string of the molecule is CCSC(=O)N(CCC(=O)OC(C)(C)C)C(C)=O. The van der Waals surface area contributed by atoms with Crippen LogP contribution >= 0.6 is 11.8 Å². The molecule has 0 rings (SSSR count). The monoisotopic (exact) mass is 275 g/mol. The van der Waals surface area contributed by atoms with E-state index in [4.69, 9.17) is 4.74 Å². The highest BCUT2D eigenvalue weighted by atomic mass is 32.2. The Morgan fingerprint density at radius 1 is 1.22 bits per heavy atom. The van der Waals surface area contributed by atoms with E-state index in [9.17, 15) is 14.4 Å². The van der Waals surface area contributed by atoms with E-state index in [1.165, 1.54) is 6.92 Å². The maximum absolute atomic E-state index is 11.6. The summed E-state index contributed by atoms with van der Waals surface area (Å²) >= 11 is 1.05. The Morgan fingerprint density at radius 3 is 2.17 bits per heavy atom. The quantitative estimate of drug-likeness (QED) is 0.737. The molecule has 0 heterocycles. The van der Waals surface area contributed by atoms with Crippen LogP contribution in [0.5, 0.6) is 0 Å². The first-order valence-corrected chi connectivity index (χ1v) is 6.82. The molecule has 0 aliphatic rings. The molecular formula is C12H21NO4S. The molecule has 0 radical (unpaired) electrons. The summed E-state index contributed by atoms with van der Waals surface area (Å²) in [6, 6.07) is 0. The highest BCUT2D eigenvalue weighted by molar-refractivity contribution is 8.13. The lowest BCUT2D eigenvalue weighted by Crippen LogP contribution is -2.35. The summed E-state index contributed by atoms with van der Waals surface area (Å²) in [5, 5.41) is -0.325. The molecule has 104 valence electrons. The average Bonchev–Trinajstić information content (AvgIpc) is 2.14. The summed E-state index contributed by atoms with van der Waals surface area (Å²) < 4.78 is 5.11. The predicted molar refractivity (Wildman–Crippen MR) is 71.4 cm³/mol. The number of hydrogen-bond donors (Lipinski definition) is 0. The van der Waals surface area contributed by atoms with Crippen molar-refractivity contribution < 1.29 is 19.1 Å². The highest BCUT2D eigenvalue weighted by Crippen LogP contribution is 2.12. The molecule has 0 aromatic carbocycles. The molecule has 0 atom stereocenters. The van der Waals surface area contributed by atoms with E-state index in [-0.39, 0.29) is 24.1 Å². The van der Waals surface area contributed by atoms with Gasteiger partial charge < -0.3 is 4.74 Å². The molecule has 2 amide bonds. The van der Waals surface area contributed by atoms with E-state index in [1.807, 2.05) is 6.92 Å². The standard InChI is InChI=1S/C12H21NO4S/c1-6-18-11(16)13(9(2)14)8-7-10(15)17-12(3,4)5/h6-8H2,1-5H3. The van der Waals surface area contributed by atoms with Crippen LogP contribution in [0.15, 0.2) is 0 Å². The zero-order valence-corrected chi connectivity index (χ0v) is 12.4. The summed E-state index contributed by atoms with van der Waals surface area (Å²) in [6.07, 6.45) is 0.0207. The van der Waals surface area contributed by atoms with Gasteiger partial charge in [-0.3, -0.25) is 19.3 Å². The number of imide groups is 1. The lowest BCUT2D eigenvalue weighted by atomic mass is 10.2. The average molecular weight is 275 g/mol. The molecule has 0 aliphatic heterocycles. The first-order chi connectivity index (χ1) is 8.17. The summed E-state index contributed by atoms with van der Waals surface area (Å²) in [6.45, 7) is 8.51. The van der Waals surface area contributed by atoms with Gasteiger partial charge in [-0.25, -0.2) is 0 Å². The van der Waals surface area contributed by atoms with Gasteiger partial charge in [-0.2, -0.15) is 0 Å². The van der Waals surface area contributed by atoms with Crippen LogP contribution in [0.4, 0.5) is 4.79 Å². The number of ether oxygens (including phenoxy) is 1. The van der Waals surface area contributed by atoms with Crippen LogP contribution in [-0.2, 0) is 14.3 Å². The van der Waals surface area contributed by atoms with Crippen LogP contribution in [-0.4, -0.2) is 39.9 Å². The molecule has 6 heteroatoms. The van der Waals surface area contributed by atoms with Crippen molar-refractivity contribution in [2.24, 2.45) is 0 Å². The van der Waals surface area contributed by atoms with Crippen LogP contribution in [0.25, 0.3) is 0 Å². The third-order valence-electron chi connectivity index (χ3n) is 1.83. The van der Waals surface area contributed by atoms with Crippen molar-refractivity contribution in [3.05, 3.63) is 0 Å². The van der Waals surface area contributed by atoms with Crippen LogP contribution in [0.2, 0.25) is 0 Å². The summed E-state index contributed by atoms with van der Waals surface area (Å²) in [4.78, 5) is 35.5. The lowest BCUT2D eigenvalue weighted by molar-refractivity contribution is -0.155. The van der Waals surface area contributed by atoms with Crippen LogP contribution in [0.1, 0.15) is 41.0 Å². The molecule has 0 fully saturated rings. The minimum Gasteiger partial charge on any atom is -0.460 e. The van der Waals surface area contributed by atoms with Gasteiger partial charge in [0.2, 0.25) is 5.91 Å². The summed E-state index contributed by atoms with van der Waals surface area (Å²) in [7, 11) is 0. The van der Waals surface area contributed by atoms with E-state index in [0.717, 1.165) is 16.7 Å². The van der Waals surface area contributed by atoms with Crippen LogP contribution < -0.4 is 0 Å². The van der Waals surface area contributed by atoms with Gasteiger partial charge >= 0.3 is 5.97 Å². The number of amides is 2. The van der Waals surface area contributed by atoms with E-state index in [1.54, 1.807) is 20.8 Å². The number of hydrogen-bond acceptors (Lipinski definition) is 5. The molecule has 0 bridgehead atoms. The van der Waals surface area contributed by atoms with Gasteiger partial charge in [0.1, 0.15) is 5.60 Å². The van der Waals surface area contributed by atoms with Gasteiger partial charge in [0.25, 0.3) is 5.24 Å². The number of carbonyl (C=O) groups excluding carboxylic acids is 3. The molecular weight excluding hydrogens is 254 g/mol. The second kappa shape index (κ2) is 7.41. The molecule has 0 unspecified atom stereocenters. The molecule has 0 aromatic heterocycles. The van der Waals surface area contributed by atoms with Gasteiger partial charge in [-0.05, 0) is 26.5 Å². The van der Waals surface area contributed by atoms with Gasteiger partial charge in [-0.15, -0.1) is 0 Å². The fourth-order valence-corrected chi connectivity index (χ4v) is 1.80. The number of esters is 1. The Balaban J connectivity index is 4.33. The van der Waals surface area contributed by atoms with E-state index < -0.39 is 11.6 Å². The number of thioether (sulfide) groups is 1. The van der Waals surface area contributed by atoms with Crippen LogP contribution in [0.3, 0.4) is 0 Å². The maximum Gasteiger partial charge on any atom is 0.308 e. The van der Waals surface area contributed by atoms with Gasteiger partial charge in [0, 0.05) is 13.5 Å². The van der Waals surface area contributed by atoms with Crippen molar-refractivity contribution >= 4 is 28.9 Å². The first-order valence-electron chi connectivity index (χ1n) is 5.84. The Labute approximate surface area is 112 Å². The van der Waals surface area contributed by atoms with Gasteiger partial charge in [-0.1, -0.05) is 18.7 Å². The fraction of sp³-hybridized carbons (Fsp3) is 0.750. The Morgan fingerprint density at radius 2 is 1.78 bits per heavy atom. The molecule has 5 nitrogen and oxygen atoms in total. The zero-order valence-electron chi connectivity index (χ0n) is 11.6. The third-order valence-corrected chi connectivity index (χ3v) is 2.58. The predicted octanol–water partition coefficient (Wildman–Crippen LogP) is 2.44. The van der Waals surface area contributed by atoms with Crippen molar-refractivity contribution in [3.63, 3.8) is 0 Å². The Bertz CT molecular complexity index is 323. The molecule has 0 saturated carbocycles. The zero-order chi connectivity index (χ0) is 14.3. The van der Waals surface area contributed by atoms with E-state index >= 15 is 0 Å². The van der Waals surface area contributed by atoms with Gasteiger partial charge in [0.15, 0.2) is 0 Å². The lowest BCUT2D eigenvalue weighted by Gasteiger charge is -2.21. The largest absolute Gasteiger partial charge is 0.460 e. The second-order valence-electron chi connectivity index (χ2n) is 4.71. The topological polar surface area (TPSA) is 63.7 Å². The van der Waals surface area contributed by atoms with Crippen LogP contribution in [0, 0.1) is 0 Å². The minimum atomic E-state index is -0.555. The van der Waals surface area contributed by atoms with Crippen molar-refractivity contribution in [1.82, 2.24) is 4.90 Å². The van der Waals surface area contributed by atoms with Crippen molar-refractivity contribution in [2.45, 2.75) is 46.6 Å². The molecule has 0 saturated heterocycles. The first kappa shape index (κ1) is 17.0. The Hall–Kier alpha value is -1.04. The molecule has 0 aromatic rings. The summed E-state index contributed by atoms with van der Waals surface area (Å²) in [5.41, 5.74) is -0.555. The second-order valence-corrected chi connectivity index (χ2v) is 5.92. The summed E-state index contributed by atoms with van der Waals surface area (Å²) in [5.74, 6) is -0.178. The van der Waals surface area contributed by atoms with Gasteiger partial charge in [0.05, 0.1) is 6.42 Å². The van der Waals surface area contributed by atoms with Crippen molar-refractivity contribution in [3.8, 4) is 0 Å². The number of nitrogens with zero attached hydrogens (tertiary/aromatic N) is 1. The molecule has 18 heavy (non-hydrogen) atoms. The van der Waals surface area contributed by atoms with Crippen molar-refractivity contribution in [2.75, 3.05) is 12.3 Å².